The molecule has 0 aliphatic heterocycles. The summed E-state index contributed by atoms with van der Waals surface area (Å²) in [7, 11) is -3.65. The van der Waals surface area contributed by atoms with Crippen LogP contribution in [0.25, 0.3) is 0 Å². The van der Waals surface area contributed by atoms with Crippen molar-refractivity contribution in [2.75, 3.05) is 19.6 Å². The number of amides is 1. The second-order valence-electron chi connectivity index (χ2n) is 6.25. The highest BCUT2D eigenvalue weighted by Crippen LogP contribution is 2.23. The summed E-state index contributed by atoms with van der Waals surface area (Å²) in [6, 6.07) is 14.1. The number of sulfonamides is 1. The first-order valence-corrected chi connectivity index (χ1v) is 10.8. The van der Waals surface area contributed by atoms with Crippen LogP contribution in [0.3, 0.4) is 0 Å². The number of hydrogen-bond acceptors (Lipinski definition) is 3. The molecule has 0 bridgehead atoms. The summed E-state index contributed by atoms with van der Waals surface area (Å²) in [4.78, 5) is 12.7. The highest BCUT2D eigenvalue weighted by atomic mass is 35.5. The Labute approximate surface area is 166 Å². The van der Waals surface area contributed by atoms with E-state index < -0.39 is 10.0 Å². The van der Waals surface area contributed by atoms with Gasteiger partial charge in [-0.3, -0.25) is 4.79 Å². The number of hydrogen-bond donors (Lipinski definition) is 1. The molecule has 2 rings (SSSR count). The number of rotatable bonds is 8. The molecule has 7 heteroatoms. The lowest BCUT2D eigenvalue weighted by Crippen LogP contribution is -2.31. The zero-order valence-electron chi connectivity index (χ0n) is 15.8. The summed E-state index contributed by atoms with van der Waals surface area (Å²) in [6.45, 7) is 6.70. The normalized spacial score (nSPS) is 12.8. The van der Waals surface area contributed by atoms with Gasteiger partial charge in [0.05, 0.1) is 15.5 Å². The monoisotopic (exact) mass is 408 g/mol. The van der Waals surface area contributed by atoms with Gasteiger partial charge in [-0.1, -0.05) is 62.7 Å². The minimum absolute atomic E-state index is 0.0665. The zero-order chi connectivity index (χ0) is 20.0. The molecule has 146 valence electrons. The summed E-state index contributed by atoms with van der Waals surface area (Å²) in [5.74, 6) is -0.268. The van der Waals surface area contributed by atoms with Crippen LogP contribution in [0.1, 0.15) is 42.6 Å². The second-order valence-corrected chi connectivity index (χ2v) is 8.60. The predicted octanol–water partition coefficient (Wildman–Crippen LogP) is 3.90. The molecule has 1 amide bonds. The first-order valence-electron chi connectivity index (χ1n) is 8.94. The summed E-state index contributed by atoms with van der Waals surface area (Å²) >= 11 is 6.15. The molecule has 0 aliphatic rings. The number of carbonyl (C=O) groups excluding carboxylic acids is 1. The Bertz CT molecular complexity index is 881. The highest BCUT2D eigenvalue weighted by molar-refractivity contribution is 7.89. The van der Waals surface area contributed by atoms with Crippen LogP contribution in [-0.4, -0.2) is 38.3 Å². The van der Waals surface area contributed by atoms with E-state index in [0.717, 1.165) is 5.56 Å². The topological polar surface area (TPSA) is 66.5 Å². The van der Waals surface area contributed by atoms with E-state index in [1.54, 1.807) is 13.8 Å². The van der Waals surface area contributed by atoms with Crippen LogP contribution in [0.2, 0.25) is 5.02 Å². The van der Waals surface area contributed by atoms with Gasteiger partial charge >= 0.3 is 0 Å². The molecule has 0 heterocycles. The average molecular weight is 409 g/mol. The molecule has 1 atom stereocenters. The number of carbonyl (C=O) groups is 1. The van der Waals surface area contributed by atoms with E-state index in [1.165, 1.54) is 22.5 Å². The minimum atomic E-state index is -3.65. The summed E-state index contributed by atoms with van der Waals surface area (Å²) < 4.78 is 26.7. The standard InChI is InChI=1S/C20H25ClN2O3S/c1-4-23(5-2)27(25,26)17-11-12-19(21)18(13-17)20(24)22-14-15(3)16-9-7-6-8-10-16/h6-13,15H,4-5,14H2,1-3H3,(H,22,24). The molecule has 27 heavy (non-hydrogen) atoms. The number of nitrogens with zero attached hydrogens (tertiary/aromatic N) is 1. The van der Waals surface area contributed by atoms with E-state index in [9.17, 15) is 13.2 Å². The van der Waals surface area contributed by atoms with Crippen LogP contribution in [-0.2, 0) is 10.0 Å². The number of nitrogens with one attached hydrogen (secondary N) is 1. The number of halogens is 1. The SMILES string of the molecule is CCN(CC)S(=O)(=O)c1ccc(Cl)c(C(=O)NCC(C)c2ccccc2)c1. The largest absolute Gasteiger partial charge is 0.351 e. The van der Waals surface area contributed by atoms with Crippen molar-refractivity contribution in [3.63, 3.8) is 0 Å². The van der Waals surface area contributed by atoms with Gasteiger partial charge in [0, 0.05) is 19.6 Å². The fourth-order valence-corrected chi connectivity index (χ4v) is 4.48. The molecule has 0 aromatic heterocycles. The Hall–Kier alpha value is -1.89. The Balaban J connectivity index is 2.19. The zero-order valence-corrected chi connectivity index (χ0v) is 17.3. The molecule has 0 spiro atoms. The maximum Gasteiger partial charge on any atom is 0.252 e. The number of benzene rings is 2. The van der Waals surface area contributed by atoms with E-state index >= 15 is 0 Å². The van der Waals surface area contributed by atoms with Crippen molar-refractivity contribution < 1.29 is 13.2 Å². The van der Waals surface area contributed by atoms with Crippen LogP contribution < -0.4 is 5.32 Å². The molecule has 1 N–H and O–H groups in total. The highest BCUT2D eigenvalue weighted by Gasteiger charge is 2.24. The van der Waals surface area contributed by atoms with Gasteiger partial charge in [-0.25, -0.2) is 8.42 Å². The molecule has 0 saturated carbocycles. The molecular weight excluding hydrogens is 384 g/mol. The molecule has 0 fully saturated rings. The van der Waals surface area contributed by atoms with Crippen molar-refractivity contribution in [3.05, 3.63) is 64.7 Å². The Morgan fingerprint density at radius 1 is 1.11 bits per heavy atom. The fourth-order valence-electron chi connectivity index (χ4n) is 2.79. The second kappa shape index (κ2) is 9.35. The van der Waals surface area contributed by atoms with Crippen LogP contribution in [0.5, 0.6) is 0 Å². The van der Waals surface area contributed by atoms with Gasteiger partial charge < -0.3 is 5.32 Å². The Morgan fingerprint density at radius 3 is 2.33 bits per heavy atom. The van der Waals surface area contributed by atoms with Crippen LogP contribution in [0.4, 0.5) is 0 Å². The smallest absolute Gasteiger partial charge is 0.252 e. The van der Waals surface area contributed by atoms with E-state index in [0.29, 0.717) is 19.6 Å². The molecule has 0 aliphatic carbocycles. The van der Waals surface area contributed by atoms with Gasteiger partial charge in [0.1, 0.15) is 0 Å². The lowest BCUT2D eigenvalue weighted by atomic mass is 10.0. The molecule has 0 radical (unpaired) electrons. The molecule has 2 aromatic rings. The summed E-state index contributed by atoms with van der Waals surface area (Å²) in [5, 5.41) is 3.06. The van der Waals surface area contributed by atoms with Crippen molar-refractivity contribution in [2.45, 2.75) is 31.6 Å². The van der Waals surface area contributed by atoms with E-state index in [-0.39, 0.29) is 27.3 Å². The summed E-state index contributed by atoms with van der Waals surface area (Å²) in [5.41, 5.74) is 1.27. The molecular formula is C20H25ClN2O3S. The van der Waals surface area contributed by atoms with Crippen LogP contribution >= 0.6 is 11.6 Å². The lowest BCUT2D eigenvalue weighted by molar-refractivity contribution is 0.0951. The van der Waals surface area contributed by atoms with Gasteiger partial charge in [0.15, 0.2) is 0 Å². The third kappa shape index (κ3) is 5.09. The van der Waals surface area contributed by atoms with Gasteiger partial charge in [0.25, 0.3) is 5.91 Å². The quantitative estimate of drug-likeness (QED) is 0.720. The van der Waals surface area contributed by atoms with E-state index in [2.05, 4.69) is 5.32 Å². The molecule has 2 aromatic carbocycles. The van der Waals surface area contributed by atoms with E-state index in [4.69, 9.17) is 11.6 Å². The van der Waals surface area contributed by atoms with Crippen molar-refractivity contribution in [1.82, 2.24) is 9.62 Å². The van der Waals surface area contributed by atoms with Crippen LogP contribution in [0, 0.1) is 0 Å². The maximum absolute atomic E-state index is 12.7. The molecule has 0 saturated heterocycles. The van der Waals surface area contributed by atoms with E-state index in [1.807, 2.05) is 37.3 Å². The molecule has 5 nitrogen and oxygen atoms in total. The van der Waals surface area contributed by atoms with Gasteiger partial charge in [-0.05, 0) is 29.7 Å². The first-order chi connectivity index (χ1) is 12.8. The maximum atomic E-state index is 12.7. The third-order valence-corrected chi connectivity index (χ3v) is 6.84. The molecule has 1 unspecified atom stereocenters. The van der Waals surface area contributed by atoms with Crippen molar-refractivity contribution in [1.29, 1.82) is 0 Å². The summed E-state index contributed by atoms with van der Waals surface area (Å²) in [6.07, 6.45) is 0. The van der Waals surface area contributed by atoms with Crippen LogP contribution in [0.15, 0.2) is 53.4 Å². The van der Waals surface area contributed by atoms with Crippen molar-refractivity contribution >= 4 is 27.5 Å². The average Bonchev–Trinajstić information content (AvgIpc) is 2.67. The Kier molecular flexibility index (Phi) is 7.41. The Morgan fingerprint density at radius 2 is 1.74 bits per heavy atom. The first kappa shape index (κ1) is 21.4. The third-order valence-electron chi connectivity index (χ3n) is 4.46. The predicted molar refractivity (Wildman–Crippen MR) is 109 cm³/mol. The van der Waals surface area contributed by atoms with Gasteiger partial charge in [-0.15, -0.1) is 0 Å². The minimum Gasteiger partial charge on any atom is -0.351 e. The fraction of sp³-hybridized carbons (Fsp3) is 0.350. The lowest BCUT2D eigenvalue weighted by Gasteiger charge is -2.19. The van der Waals surface area contributed by atoms with Gasteiger partial charge in [0.2, 0.25) is 10.0 Å². The van der Waals surface area contributed by atoms with Gasteiger partial charge in [-0.2, -0.15) is 4.31 Å². The van der Waals surface area contributed by atoms with Crippen molar-refractivity contribution in [2.24, 2.45) is 0 Å². The van der Waals surface area contributed by atoms with Crippen molar-refractivity contribution in [3.8, 4) is 0 Å².